The number of hydrogen-bond donors (Lipinski definition) is 0. The number of ether oxygens (including phenoxy) is 3. The van der Waals surface area contributed by atoms with Gasteiger partial charge in [0.25, 0.3) is 0 Å². The van der Waals surface area contributed by atoms with Crippen molar-refractivity contribution >= 4 is 17.9 Å². The van der Waals surface area contributed by atoms with Gasteiger partial charge in [-0.05, 0) is 37.0 Å². The molecule has 0 rings (SSSR count). The lowest BCUT2D eigenvalue weighted by atomic mass is 9.99. The van der Waals surface area contributed by atoms with Crippen molar-refractivity contribution in [1.29, 1.82) is 0 Å². The molecule has 0 bridgehead atoms. The molecule has 2 atom stereocenters. The summed E-state index contributed by atoms with van der Waals surface area (Å²) < 4.78 is 16.9. The molecule has 0 saturated heterocycles. The van der Waals surface area contributed by atoms with Crippen molar-refractivity contribution in [3.8, 4) is 0 Å². The van der Waals surface area contributed by atoms with Crippen LogP contribution in [0.5, 0.6) is 0 Å². The van der Waals surface area contributed by atoms with Gasteiger partial charge in [0.1, 0.15) is 13.2 Å². The van der Waals surface area contributed by atoms with Gasteiger partial charge in [0.15, 0.2) is 6.10 Å². The van der Waals surface area contributed by atoms with E-state index >= 15 is 0 Å². The molecule has 0 aliphatic heterocycles. The summed E-state index contributed by atoms with van der Waals surface area (Å²) in [7, 11) is 0. The van der Waals surface area contributed by atoms with Gasteiger partial charge in [0.05, 0.1) is 0 Å². The van der Waals surface area contributed by atoms with Crippen LogP contribution in [0.3, 0.4) is 0 Å². The van der Waals surface area contributed by atoms with Crippen LogP contribution in [0.4, 0.5) is 0 Å². The first-order chi connectivity index (χ1) is 32.1. The highest BCUT2D eigenvalue weighted by Gasteiger charge is 2.19. The Labute approximate surface area is 412 Å². The Morgan fingerprint density at radius 2 is 0.530 bits per heavy atom. The van der Waals surface area contributed by atoms with E-state index in [9.17, 15) is 14.4 Å². The number of unbranched alkanes of at least 4 members (excludes halogenated alkanes) is 35. The van der Waals surface area contributed by atoms with Gasteiger partial charge >= 0.3 is 17.9 Å². The van der Waals surface area contributed by atoms with Crippen LogP contribution in [-0.2, 0) is 28.6 Å². The van der Waals surface area contributed by atoms with Crippen LogP contribution in [0.1, 0.15) is 330 Å². The zero-order valence-electron chi connectivity index (χ0n) is 45.5. The number of rotatable bonds is 53. The monoisotopic (exact) mass is 933 g/mol. The van der Waals surface area contributed by atoms with E-state index in [-0.39, 0.29) is 31.1 Å². The number of hydrogen-bond acceptors (Lipinski definition) is 6. The van der Waals surface area contributed by atoms with Gasteiger partial charge in [-0.3, -0.25) is 14.4 Å². The van der Waals surface area contributed by atoms with Gasteiger partial charge in [-0.15, -0.1) is 0 Å². The fourth-order valence-electron chi connectivity index (χ4n) is 9.14. The van der Waals surface area contributed by atoms with E-state index in [4.69, 9.17) is 14.2 Å². The van der Waals surface area contributed by atoms with Crippen LogP contribution in [0.2, 0.25) is 0 Å². The lowest BCUT2D eigenvalue weighted by molar-refractivity contribution is -0.167. The molecular formula is C60H116O6. The first kappa shape index (κ1) is 64.4. The fraction of sp³-hybridized carbons (Fsp3) is 0.950. The highest BCUT2D eigenvalue weighted by molar-refractivity contribution is 5.71. The van der Waals surface area contributed by atoms with Crippen LogP contribution >= 0.6 is 0 Å². The minimum absolute atomic E-state index is 0.0637. The highest BCUT2D eigenvalue weighted by Crippen LogP contribution is 2.19. The quantitative estimate of drug-likeness (QED) is 0.0343. The van der Waals surface area contributed by atoms with Crippen molar-refractivity contribution in [3.63, 3.8) is 0 Å². The molecule has 0 aromatic heterocycles. The van der Waals surface area contributed by atoms with Gasteiger partial charge in [0.2, 0.25) is 0 Å². The van der Waals surface area contributed by atoms with Crippen molar-refractivity contribution in [2.45, 2.75) is 337 Å². The largest absolute Gasteiger partial charge is 0.462 e. The molecule has 392 valence electrons. The minimum Gasteiger partial charge on any atom is -0.462 e. The van der Waals surface area contributed by atoms with Crippen LogP contribution in [-0.4, -0.2) is 37.2 Å². The summed E-state index contributed by atoms with van der Waals surface area (Å²) in [5.74, 6) is 1.69. The molecule has 0 aromatic rings. The second kappa shape index (κ2) is 51.3. The second-order valence-corrected chi connectivity index (χ2v) is 21.8. The average molecular weight is 934 g/mol. The molecule has 66 heavy (non-hydrogen) atoms. The summed E-state index contributed by atoms with van der Waals surface area (Å²) >= 11 is 0. The minimum atomic E-state index is -0.764. The normalized spacial score (nSPS) is 12.5. The van der Waals surface area contributed by atoms with Crippen molar-refractivity contribution in [2.24, 2.45) is 17.8 Å². The van der Waals surface area contributed by atoms with Crippen molar-refractivity contribution in [1.82, 2.24) is 0 Å². The van der Waals surface area contributed by atoms with E-state index in [1.54, 1.807) is 0 Å². The Kier molecular flexibility index (Phi) is 50.0. The van der Waals surface area contributed by atoms with Crippen LogP contribution in [0, 0.1) is 17.8 Å². The molecule has 0 aliphatic carbocycles. The highest BCUT2D eigenvalue weighted by atomic mass is 16.6. The van der Waals surface area contributed by atoms with Crippen LogP contribution in [0.15, 0.2) is 0 Å². The molecule has 0 fully saturated rings. The zero-order valence-corrected chi connectivity index (χ0v) is 45.5. The Morgan fingerprint density at radius 1 is 0.303 bits per heavy atom. The topological polar surface area (TPSA) is 78.9 Å². The molecule has 1 unspecified atom stereocenters. The number of esters is 3. The molecule has 0 N–H and O–H groups in total. The van der Waals surface area contributed by atoms with Crippen molar-refractivity contribution in [3.05, 3.63) is 0 Å². The summed E-state index contributed by atoms with van der Waals surface area (Å²) in [6, 6.07) is 0. The van der Waals surface area contributed by atoms with Gasteiger partial charge < -0.3 is 14.2 Å². The predicted octanol–water partition coefficient (Wildman–Crippen LogP) is 19.5. The molecule has 0 saturated carbocycles. The molecule has 6 heteroatoms. The first-order valence-electron chi connectivity index (χ1n) is 29.6. The van der Waals surface area contributed by atoms with Crippen molar-refractivity contribution < 1.29 is 28.6 Å². The molecule has 0 amide bonds. The summed E-state index contributed by atoms with van der Waals surface area (Å²) in [6.45, 7) is 13.8. The van der Waals surface area contributed by atoms with Crippen LogP contribution < -0.4 is 0 Å². The van der Waals surface area contributed by atoms with Gasteiger partial charge in [-0.25, -0.2) is 0 Å². The summed E-state index contributed by atoms with van der Waals surface area (Å²) in [5, 5.41) is 0. The van der Waals surface area contributed by atoms with Crippen molar-refractivity contribution in [2.75, 3.05) is 13.2 Å². The smallest absolute Gasteiger partial charge is 0.306 e. The lowest BCUT2D eigenvalue weighted by Gasteiger charge is -2.18. The van der Waals surface area contributed by atoms with Crippen LogP contribution in [0.25, 0.3) is 0 Å². The third-order valence-corrected chi connectivity index (χ3v) is 14.0. The standard InChI is InChI=1S/C60H116O6/c1-7-56(6)48-42-36-30-26-27-32-38-44-50-59(62)65-53-57(66-60(63)51-45-39-33-25-21-17-16-19-23-29-35-41-47-55(4)5)52-64-58(61)49-43-37-31-24-20-15-13-11-9-8-10-12-14-18-22-28-34-40-46-54(2)3/h54-57H,7-53H2,1-6H3/t56?,57-/m0/s1. The van der Waals surface area contributed by atoms with Gasteiger partial charge in [0, 0.05) is 19.3 Å². The van der Waals surface area contributed by atoms with E-state index in [1.807, 2.05) is 0 Å². The molecule has 6 nitrogen and oxygen atoms in total. The predicted molar refractivity (Wildman–Crippen MR) is 284 cm³/mol. The summed E-state index contributed by atoms with van der Waals surface area (Å²) in [4.78, 5) is 38.1. The molecule has 0 heterocycles. The summed E-state index contributed by atoms with van der Waals surface area (Å²) in [5.41, 5.74) is 0. The number of carbonyl (C=O) groups is 3. The molecular weight excluding hydrogens is 817 g/mol. The zero-order chi connectivity index (χ0) is 48.4. The maximum atomic E-state index is 12.8. The van der Waals surface area contributed by atoms with Gasteiger partial charge in [-0.1, -0.05) is 292 Å². The molecule has 0 spiro atoms. The molecule has 0 aliphatic rings. The first-order valence-corrected chi connectivity index (χ1v) is 29.6. The van der Waals surface area contributed by atoms with E-state index in [0.29, 0.717) is 19.3 Å². The Morgan fingerprint density at radius 3 is 0.788 bits per heavy atom. The maximum absolute atomic E-state index is 12.8. The summed E-state index contributed by atoms with van der Waals surface area (Å²) in [6.07, 6.45) is 53.8. The van der Waals surface area contributed by atoms with E-state index in [0.717, 1.165) is 75.5 Å². The van der Waals surface area contributed by atoms with E-state index in [2.05, 4.69) is 41.5 Å². The van der Waals surface area contributed by atoms with Gasteiger partial charge in [-0.2, -0.15) is 0 Å². The third kappa shape index (κ3) is 51.8. The van der Waals surface area contributed by atoms with E-state index < -0.39 is 6.10 Å². The number of carbonyl (C=O) groups excluding carboxylic acids is 3. The SMILES string of the molecule is CCC(C)CCCCCCCCCCC(=O)OC[C@H](COC(=O)CCCCCCCCCCCCCCCCCCCCC(C)C)OC(=O)CCCCCCCCCCCCCCC(C)C. The second-order valence-electron chi connectivity index (χ2n) is 21.8. The van der Waals surface area contributed by atoms with E-state index in [1.165, 1.54) is 212 Å². The Hall–Kier alpha value is -1.59. The lowest BCUT2D eigenvalue weighted by Crippen LogP contribution is -2.30. The average Bonchev–Trinajstić information content (AvgIpc) is 3.29. The maximum Gasteiger partial charge on any atom is 0.306 e. The Balaban J connectivity index is 4.25. The Bertz CT molecular complexity index is 1020. The molecule has 0 aromatic carbocycles. The fourth-order valence-corrected chi connectivity index (χ4v) is 9.14. The molecule has 0 radical (unpaired) electrons. The third-order valence-electron chi connectivity index (χ3n) is 14.0.